The highest BCUT2D eigenvalue weighted by atomic mass is 35.5. The molecule has 0 spiro atoms. The second-order valence-corrected chi connectivity index (χ2v) is 5.13. The minimum atomic E-state index is -0.0102. The molecule has 0 unspecified atom stereocenters. The number of ketones is 1. The van der Waals surface area contributed by atoms with Gasteiger partial charge in [-0.15, -0.1) is 0 Å². The van der Waals surface area contributed by atoms with Crippen molar-refractivity contribution in [3.8, 4) is 0 Å². The van der Waals surface area contributed by atoms with E-state index >= 15 is 0 Å². The van der Waals surface area contributed by atoms with Crippen LogP contribution in [0.4, 0.5) is 5.69 Å². The minimum Gasteiger partial charge on any atom is -0.359 e. The molecule has 0 saturated carbocycles. The summed E-state index contributed by atoms with van der Waals surface area (Å²) in [6.07, 6.45) is 1.60. The predicted molar refractivity (Wildman–Crippen MR) is 84.3 cm³/mol. The molecule has 0 aromatic heterocycles. The van der Waals surface area contributed by atoms with Crippen molar-refractivity contribution in [1.29, 1.82) is 0 Å². The second kappa shape index (κ2) is 6.40. The maximum absolute atomic E-state index is 12.1. The molecule has 1 N–H and O–H groups in total. The molecule has 0 heterocycles. The lowest BCUT2D eigenvalue weighted by Crippen LogP contribution is -2.01. The zero-order chi connectivity index (χ0) is 14.5. The lowest BCUT2D eigenvalue weighted by Gasteiger charge is -2.06. The predicted octanol–water partition coefficient (Wildman–Crippen LogP) is 4.85. The molecule has 0 fully saturated rings. The molecular weight excluding hydrogens is 270 g/mol. The molecule has 0 saturated heterocycles. The Morgan fingerprint density at radius 2 is 1.65 bits per heavy atom. The molecule has 0 amide bonds. The summed E-state index contributed by atoms with van der Waals surface area (Å²) in [5.41, 5.74) is 3.52. The fraction of sp³-hybridized carbons (Fsp3) is 0.118. The van der Waals surface area contributed by atoms with E-state index in [1.54, 1.807) is 18.2 Å². The van der Waals surface area contributed by atoms with Crippen molar-refractivity contribution in [2.24, 2.45) is 0 Å². The van der Waals surface area contributed by atoms with Crippen LogP contribution in [0.25, 0.3) is 0 Å². The Kier molecular flexibility index (Phi) is 4.59. The number of anilines is 1. The van der Waals surface area contributed by atoms with Crippen LogP contribution in [-0.4, -0.2) is 5.78 Å². The fourth-order valence-corrected chi connectivity index (χ4v) is 1.92. The smallest absolute Gasteiger partial charge is 0.187 e. The second-order valence-electron chi connectivity index (χ2n) is 4.69. The van der Waals surface area contributed by atoms with Gasteiger partial charge < -0.3 is 5.32 Å². The van der Waals surface area contributed by atoms with Gasteiger partial charge in [0.1, 0.15) is 0 Å². The molecule has 0 aliphatic carbocycles. The minimum absolute atomic E-state index is 0.0102. The van der Waals surface area contributed by atoms with Crippen molar-refractivity contribution in [3.05, 3.63) is 76.5 Å². The van der Waals surface area contributed by atoms with Gasteiger partial charge in [-0.05, 0) is 38.1 Å². The molecule has 2 nitrogen and oxygen atoms in total. The highest BCUT2D eigenvalue weighted by molar-refractivity contribution is 6.30. The molecular formula is C17H16ClNO. The first-order chi connectivity index (χ1) is 9.54. The Hall–Kier alpha value is -2.06. The molecule has 2 aromatic rings. The van der Waals surface area contributed by atoms with E-state index in [-0.39, 0.29) is 5.78 Å². The number of nitrogens with one attached hydrogen (secondary N) is 1. The number of hydrogen-bond donors (Lipinski definition) is 1. The van der Waals surface area contributed by atoms with Crippen molar-refractivity contribution in [2.45, 2.75) is 13.8 Å². The summed E-state index contributed by atoms with van der Waals surface area (Å²) in [7, 11) is 0. The van der Waals surface area contributed by atoms with Crippen LogP contribution in [0, 0.1) is 6.92 Å². The highest BCUT2D eigenvalue weighted by Crippen LogP contribution is 2.15. The van der Waals surface area contributed by atoms with Gasteiger partial charge in [0, 0.05) is 28.0 Å². The number of benzene rings is 2. The summed E-state index contributed by atoms with van der Waals surface area (Å²) in [6.45, 7) is 3.86. The SMILES string of the molecule is CC(=CC(=O)c1ccc(C)cc1)Nc1ccc(Cl)cc1. The third kappa shape index (κ3) is 3.97. The Morgan fingerprint density at radius 1 is 1.05 bits per heavy atom. The Balaban J connectivity index is 2.07. The zero-order valence-corrected chi connectivity index (χ0v) is 12.2. The summed E-state index contributed by atoms with van der Waals surface area (Å²) in [5.74, 6) is -0.0102. The Labute approximate surface area is 124 Å². The van der Waals surface area contributed by atoms with Gasteiger partial charge in [0.25, 0.3) is 0 Å². The van der Waals surface area contributed by atoms with Crippen LogP contribution in [-0.2, 0) is 0 Å². The molecule has 0 bridgehead atoms. The van der Waals surface area contributed by atoms with Gasteiger partial charge in [0.05, 0.1) is 0 Å². The first-order valence-corrected chi connectivity index (χ1v) is 6.74. The average molecular weight is 286 g/mol. The molecule has 0 aliphatic heterocycles. The number of aryl methyl sites for hydroxylation is 1. The summed E-state index contributed by atoms with van der Waals surface area (Å²) in [6, 6.07) is 14.9. The third-order valence-corrected chi connectivity index (χ3v) is 3.12. The van der Waals surface area contributed by atoms with Crippen molar-refractivity contribution < 1.29 is 4.79 Å². The van der Waals surface area contributed by atoms with E-state index < -0.39 is 0 Å². The van der Waals surface area contributed by atoms with Gasteiger partial charge in [0.2, 0.25) is 0 Å². The standard InChI is InChI=1S/C17H16ClNO/c1-12-3-5-14(6-4-12)17(20)11-13(2)19-16-9-7-15(18)8-10-16/h3-11,19H,1-2H3. The van der Waals surface area contributed by atoms with E-state index in [1.807, 2.05) is 50.2 Å². The number of halogens is 1. The van der Waals surface area contributed by atoms with E-state index in [1.165, 1.54) is 0 Å². The summed E-state index contributed by atoms with van der Waals surface area (Å²) < 4.78 is 0. The maximum atomic E-state index is 12.1. The van der Waals surface area contributed by atoms with Gasteiger partial charge in [-0.25, -0.2) is 0 Å². The first kappa shape index (κ1) is 14.4. The molecule has 0 radical (unpaired) electrons. The number of allylic oxidation sites excluding steroid dienone is 2. The number of rotatable bonds is 4. The maximum Gasteiger partial charge on any atom is 0.187 e. The van der Waals surface area contributed by atoms with Crippen LogP contribution in [0.2, 0.25) is 5.02 Å². The molecule has 102 valence electrons. The van der Waals surface area contributed by atoms with Crippen LogP contribution >= 0.6 is 11.6 Å². The molecule has 2 aromatic carbocycles. The van der Waals surface area contributed by atoms with Gasteiger partial charge in [-0.2, -0.15) is 0 Å². The van der Waals surface area contributed by atoms with Crippen molar-refractivity contribution in [2.75, 3.05) is 5.32 Å². The van der Waals surface area contributed by atoms with E-state index in [0.717, 1.165) is 16.9 Å². The number of hydrogen-bond acceptors (Lipinski definition) is 2. The molecule has 2 rings (SSSR count). The van der Waals surface area contributed by atoms with Crippen molar-refractivity contribution >= 4 is 23.1 Å². The zero-order valence-electron chi connectivity index (χ0n) is 11.5. The highest BCUT2D eigenvalue weighted by Gasteiger charge is 2.03. The Morgan fingerprint density at radius 3 is 2.25 bits per heavy atom. The van der Waals surface area contributed by atoms with Crippen LogP contribution in [0.1, 0.15) is 22.8 Å². The monoisotopic (exact) mass is 285 g/mol. The average Bonchev–Trinajstić information content (AvgIpc) is 2.42. The summed E-state index contributed by atoms with van der Waals surface area (Å²) in [5, 5.41) is 3.85. The van der Waals surface area contributed by atoms with Crippen LogP contribution in [0.5, 0.6) is 0 Å². The van der Waals surface area contributed by atoms with E-state index in [9.17, 15) is 4.79 Å². The number of carbonyl (C=O) groups excluding carboxylic acids is 1. The first-order valence-electron chi connectivity index (χ1n) is 6.36. The topological polar surface area (TPSA) is 29.1 Å². The lowest BCUT2D eigenvalue weighted by atomic mass is 10.1. The van der Waals surface area contributed by atoms with Gasteiger partial charge in [-0.1, -0.05) is 41.4 Å². The van der Waals surface area contributed by atoms with Gasteiger partial charge >= 0.3 is 0 Å². The lowest BCUT2D eigenvalue weighted by molar-refractivity contribution is 0.104. The summed E-state index contributed by atoms with van der Waals surface area (Å²) in [4.78, 5) is 12.1. The molecule has 3 heteroatoms. The molecule has 20 heavy (non-hydrogen) atoms. The van der Waals surface area contributed by atoms with E-state index in [0.29, 0.717) is 10.6 Å². The Bertz CT molecular complexity index is 627. The fourth-order valence-electron chi connectivity index (χ4n) is 1.79. The van der Waals surface area contributed by atoms with Crippen LogP contribution in [0.15, 0.2) is 60.3 Å². The number of carbonyl (C=O) groups is 1. The van der Waals surface area contributed by atoms with Crippen molar-refractivity contribution in [1.82, 2.24) is 0 Å². The van der Waals surface area contributed by atoms with Crippen LogP contribution in [0.3, 0.4) is 0 Å². The van der Waals surface area contributed by atoms with Gasteiger partial charge in [0.15, 0.2) is 5.78 Å². The van der Waals surface area contributed by atoms with E-state index in [2.05, 4.69) is 5.32 Å². The van der Waals surface area contributed by atoms with Gasteiger partial charge in [-0.3, -0.25) is 4.79 Å². The molecule has 0 atom stereocenters. The largest absolute Gasteiger partial charge is 0.359 e. The molecule has 0 aliphatic rings. The van der Waals surface area contributed by atoms with Crippen molar-refractivity contribution in [3.63, 3.8) is 0 Å². The quantitative estimate of drug-likeness (QED) is 0.643. The normalized spacial score (nSPS) is 11.2. The van der Waals surface area contributed by atoms with Crippen LogP contribution < -0.4 is 5.32 Å². The third-order valence-electron chi connectivity index (χ3n) is 2.87. The van der Waals surface area contributed by atoms with E-state index in [4.69, 9.17) is 11.6 Å². The summed E-state index contributed by atoms with van der Waals surface area (Å²) >= 11 is 5.83.